The number of para-hydroxylation sites is 1. The summed E-state index contributed by atoms with van der Waals surface area (Å²) in [4.78, 5) is 35.2. The summed E-state index contributed by atoms with van der Waals surface area (Å²) in [6, 6.07) is 21.0. The molecule has 2 N–H and O–H groups in total. The van der Waals surface area contributed by atoms with Crippen LogP contribution in [0.3, 0.4) is 0 Å². The van der Waals surface area contributed by atoms with Crippen LogP contribution in [0.5, 0.6) is 11.6 Å². The van der Waals surface area contributed by atoms with Crippen LogP contribution in [-0.4, -0.2) is 28.3 Å². The van der Waals surface area contributed by atoms with E-state index in [4.69, 9.17) is 4.74 Å². The molecule has 3 aromatic carbocycles. The number of hydrogen-bond acceptors (Lipinski definition) is 6. The predicted octanol–water partition coefficient (Wildman–Crippen LogP) is 6.05. The second kappa shape index (κ2) is 9.93. The predicted molar refractivity (Wildman–Crippen MR) is 144 cm³/mol. The minimum Gasteiger partial charge on any atom is -0.436 e. The van der Waals surface area contributed by atoms with Crippen molar-refractivity contribution < 1.29 is 18.7 Å². The number of carbonyl (C=O) groups excluding carboxylic acids is 2. The van der Waals surface area contributed by atoms with E-state index in [1.165, 1.54) is 0 Å². The lowest BCUT2D eigenvalue weighted by Crippen LogP contribution is -2.35. The summed E-state index contributed by atoms with van der Waals surface area (Å²) >= 11 is 0. The average Bonchev–Trinajstić information content (AvgIpc) is 3.11. The highest BCUT2D eigenvalue weighted by atomic mass is 19.1. The maximum absolute atomic E-state index is 14.5. The molecule has 8 nitrogen and oxygen atoms in total. The first-order valence-corrected chi connectivity index (χ1v) is 12.2. The Morgan fingerprint density at radius 2 is 1.76 bits per heavy atom. The van der Waals surface area contributed by atoms with Crippen molar-refractivity contribution in [3.63, 3.8) is 0 Å². The van der Waals surface area contributed by atoms with Crippen molar-refractivity contribution in [2.24, 2.45) is 0 Å². The van der Waals surface area contributed by atoms with E-state index in [0.29, 0.717) is 29.2 Å². The summed E-state index contributed by atoms with van der Waals surface area (Å²) < 4.78 is 20.1. The number of hydrogen-bond donors (Lipinski definition) is 2. The number of carbonyl (C=O) groups is 2. The summed E-state index contributed by atoms with van der Waals surface area (Å²) in [5.41, 5.74) is 2.87. The van der Waals surface area contributed by atoms with E-state index in [0.717, 1.165) is 17.4 Å². The van der Waals surface area contributed by atoms with Gasteiger partial charge in [-0.3, -0.25) is 9.59 Å². The third-order valence-electron chi connectivity index (χ3n) is 6.39. The molecular weight excluding hydrogens is 485 g/mol. The normalized spacial score (nSPS) is 13.7. The van der Waals surface area contributed by atoms with Crippen molar-refractivity contribution in [3.8, 4) is 11.6 Å². The lowest BCUT2D eigenvalue weighted by atomic mass is 9.86. The van der Waals surface area contributed by atoms with Gasteiger partial charge in [-0.1, -0.05) is 18.2 Å². The highest BCUT2D eigenvalue weighted by molar-refractivity contribution is 6.08. The zero-order valence-corrected chi connectivity index (χ0v) is 21.2. The minimum atomic E-state index is -0.735. The minimum absolute atomic E-state index is 0.0458. The Bertz CT molecular complexity index is 1510. The van der Waals surface area contributed by atoms with Crippen molar-refractivity contribution in [3.05, 3.63) is 95.9 Å². The van der Waals surface area contributed by atoms with Gasteiger partial charge in [0.05, 0.1) is 11.6 Å². The topological polar surface area (TPSA) is 96.5 Å². The number of nitrogens with zero attached hydrogens (tertiary/aromatic N) is 3. The summed E-state index contributed by atoms with van der Waals surface area (Å²) in [7, 11) is 0. The van der Waals surface area contributed by atoms with E-state index >= 15 is 0 Å². The number of rotatable bonds is 7. The molecule has 0 saturated carbocycles. The first-order chi connectivity index (χ1) is 18.3. The number of benzene rings is 3. The molecule has 0 spiro atoms. The largest absolute Gasteiger partial charge is 0.436 e. The molecule has 5 rings (SSSR count). The third-order valence-corrected chi connectivity index (χ3v) is 6.39. The van der Waals surface area contributed by atoms with Crippen molar-refractivity contribution in [2.45, 2.75) is 26.2 Å². The molecule has 192 valence electrons. The smallest absolute Gasteiger partial charge is 0.260 e. The fourth-order valence-electron chi connectivity index (χ4n) is 4.35. The zero-order chi connectivity index (χ0) is 26.9. The molecule has 0 aliphatic carbocycles. The van der Waals surface area contributed by atoms with Crippen LogP contribution in [0.25, 0.3) is 0 Å². The number of fused-ring (bicyclic) bond motifs is 1. The molecule has 9 heteroatoms. The summed E-state index contributed by atoms with van der Waals surface area (Å²) in [5.74, 6) is -0.788. The molecule has 0 bridgehead atoms. The van der Waals surface area contributed by atoms with E-state index in [2.05, 4.69) is 20.6 Å². The molecule has 1 aromatic heterocycles. The number of halogens is 1. The monoisotopic (exact) mass is 511 g/mol. The molecule has 4 aromatic rings. The molecule has 38 heavy (non-hydrogen) atoms. The van der Waals surface area contributed by atoms with Gasteiger partial charge >= 0.3 is 0 Å². The first kappa shape index (κ1) is 24.9. The molecule has 2 amide bonds. The van der Waals surface area contributed by atoms with Crippen LogP contribution in [0.15, 0.2) is 79.0 Å². The molecule has 1 aliphatic rings. The average molecular weight is 512 g/mol. The van der Waals surface area contributed by atoms with Gasteiger partial charge in [0.2, 0.25) is 17.7 Å². The molecule has 1 aliphatic heterocycles. The van der Waals surface area contributed by atoms with E-state index < -0.39 is 11.2 Å². The van der Waals surface area contributed by atoms with Crippen molar-refractivity contribution >= 4 is 34.8 Å². The number of amides is 2. The van der Waals surface area contributed by atoms with Gasteiger partial charge < -0.3 is 20.3 Å². The number of anilines is 4. The van der Waals surface area contributed by atoms with Gasteiger partial charge in [0.25, 0.3) is 11.8 Å². The summed E-state index contributed by atoms with van der Waals surface area (Å²) in [6.07, 6.45) is 1.02. The number of aromatic nitrogens is 2. The standard InChI is InChI=1S/C29H26FN5O3/c1-4-35-24-15-12-20(16-22(24)29(2,3)27(35)37)33-28-31-17-23(30)26(34-28)38-21-13-10-18(11-14-21)25(36)32-19-8-6-5-7-9-19/h5-17H,4H2,1-3H3,(H,32,36)(H,31,33,34). The second-order valence-corrected chi connectivity index (χ2v) is 9.32. The van der Waals surface area contributed by atoms with E-state index in [9.17, 15) is 14.0 Å². The second-order valence-electron chi connectivity index (χ2n) is 9.32. The lowest BCUT2D eigenvalue weighted by Gasteiger charge is -2.18. The van der Waals surface area contributed by atoms with Crippen LogP contribution >= 0.6 is 0 Å². The highest BCUT2D eigenvalue weighted by Gasteiger charge is 2.43. The Kier molecular flexibility index (Phi) is 6.50. The highest BCUT2D eigenvalue weighted by Crippen LogP contribution is 2.42. The molecule has 0 unspecified atom stereocenters. The fraction of sp³-hybridized carbons (Fsp3) is 0.172. The van der Waals surface area contributed by atoms with E-state index in [1.807, 2.05) is 57.2 Å². The maximum atomic E-state index is 14.5. The molecular formula is C29H26FN5O3. The van der Waals surface area contributed by atoms with Gasteiger partial charge in [0.1, 0.15) is 5.75 Å². The van der Waals surface area contributed by atoms with Crippen LogP contribution in [0.1, 0.15) is 36.7 Å². The number of nitrogens with one attached hydrogen (secondary N) is 2. The zero-order valence-electron chi connectivity index (χ0n) is 21.2. The Hall–Kier alpha value is -4.79. The van der Waals surface area contributed by atoms with Crippen molar-refractivity contribution in [2.75, 3.05) is 22.1 Å². The van der Waals surface area contributed by atoms with Crippen LogP contribution < -0.4 is 20.3 Å². The van der Waals surface area contributed by atoms with Crippen LogP contribution in [0.2, 0.25) is 0 Å². The van der Waals surface area contributed by atoms with E-state index in [1.54, 1.807) is 41.3 Å². The molecule has 0 fully saturated rings. The molecule has 0 radical (unpaired) electrons. The lowest BCUT2D eigenvalue weighted by molar-refractivity contribution is -0.122. The molecule has 2 heterocycles. The SMILES string of the molecule is CCN1C(=O)C(C)(C)c2cc(Nc3ncc(F)c(Oc4ccc(C(=O)Nc5ccccc5)cc4)n3)ccc21. The van der Waals surface area contributed by atoms with Gasteiger partial charge in [0, 0.05) is 29.2 Å². The van der Waals surface area contributed by atoms with Gasteiger partial charge in [-0.05, 0) is 80.9 Å². The van der Waals surface area contributed by atoms with Gasteiger partial charge in [-0.2, -0.15) is 9.37 Å². The van der Waals surface area contributed by atoms with Crippen LogP contribution in [0, 0.1) is 5.82 Å². The Balaban J connectivity index is 1.30. The van der Waals surface area contributed by atoms with Gasteiger partial charge in [-0.25, -0.2) is 4.98 Å². The van der Waals surface area contributed by atoms with Gasteiger partial charge in [-0.15, -0.1) is 0 Å². The Morgan fingerprint density at radius 1 is 1.03 bits per heavy atom. The third kappa shape index (κ3) is 4.78. The Labute approximate surface area is 219 Å². The molecule has 0 atom stereocenters. The van der Waals surface area contributed by atoms with Gasteiger partial charge in [0.15, 0.2) is 0 Å². The summed E-state index contributed by atoms with van der Waals surface area (Å²) in [6.45, 7) is 6.31. The van der Waals surface area contributed by atoms with Crippen LogP contribution in [0.4, 0.5) is 27.4 Å². The maximum Gasteiger partial charge on any atom is 0.260 e. The van der Waals surface area contributed by atoms with Crippen LogP contribution in [-0.2, 0) is 10.2 Å². The summed E-state index contributed by atoms with van der Waals surface area (Å²) in [5, 5.41) is 5.87. The Morgan fingerprint density at radius 3 is 2.47 bits per heavy atom. The van der Waals surface area contributed by atoms with E-state index in [-0.39, 0.29) is 23.6 Å². The molecule has 0 saturated heterocycles. The first-order valence-electron chi connectivity index (χ1n) is 12.2. The fourth-order valence-corrected chi connectivity index (χ4v) is 4.35. The van der Waals surface area contributed by atoms with Crippen molar-refractivity contribution in [1.82, 2.24) is 9.97 Å². The quantitative estimate of drug-likeness (QED) is 0.314. The number of likely N-dealkylation sites (N-methyl/N-ethyl adjacent to an activating group) is 1. The van der Waals surface area contributed by atoms with Crippen molar-refractivity contribution in [1.29, 1.82) is 0 Å². The number of ether oxygens (including phenoxy) is 1.